The fraction of sp³-hybridized carbons (Fsp3) is 1.00. The molecule has 13 heavy (non-hydrogen) atoms. The molecule has 1 aliphatic heterocycles. The molecule has 1 aliphatic carbocycles. The van der Waals surface area contributed by atoms with Crippen molar-refractivity contribution < 1.29 is 0 Å². The van der Waals surface area contributed by atoms with E-state index in [2.05, 4.69) is 11.8 Å². The summed E-state index contributed by atoms with van der Waals surface area (Å²) in [6.45, 7) is 6.93. The minimum Gasteiger partial charge on any atom is -0.329 e. The van der Waals surface area contributed by atoms with Crippen LogP contribution in [0.3, 0.4) is 0 Å². The van der Waals surface area contributed by atoms with Gasteiger partial charge in [-0.15, -0.1) is 0 Å². The first kappa shape index (κ1) is 9.47. The van der Waals surface area contributed by atoms with Crippen LogP contribution in [0.1, 0.15) is 32.6 Å². The minimum atomic E-state index is 0.755. The normalized spacial score (nSPS) is 33.2. The molecule has 0 bridgehead atoms. The van der Waals surface area contributed by atoms with Gasteiger partial charge in [-0.3, -0.25) is 0 Å². The molecule has 0 radical (unpaired) electrons. The second-order valence-electron chi connectivity index (χ2n) is 4.96. The zero-order chi connectivity index (χ0) is 9.31. The summed E-state index contributed by atoms with van der Waals surface area (Å²) in [5, 5.41) is 0. The van der Waals surface area contributed by atoms with E-state index in [-0.39, 0.29) is 0 Å². The summed E-state index contributed by atoms with van der Waals surface area (Å²) in [5.41, 5.74) is 6.33. The van der Waals surface area contributed by atoms with Crippen LogP contribution in [0.25, 0.3) is 0 Å². The third kappa shape index (κ3) is 1.62. The van der Waals surface area contributed by atoms with Crippen LogP contribution < -0.4 is 5.73 Å². The predicted molar refractivity (Wildman–Crippen MR) is 55.6 cm³/mol. The molecule has 2 N–H and O–H groups in total. The van der Waals surface area contributed by atoms with Gasteiger partial charge in [0, 0.05) is 19.6 Å². The Bertz CT molecular complexity index is 175. The molecule has 2 aliphatic rings. The van der Waals surface area contributed by atoms with Gasteiger partial charge in [0.05, 0.1) is 0 Å². The van der Waals surface area contributed by atoms with E-state index >= 15 is 0 Å². The van der Waals surface area contributed by atoms with Crippen molar-refractivity contribution in [1.29, 1.82) is 0 Å². The highest BCUT2D eigenvalue weighted by Crippen LogP contribution is 2.51. The maximum Gasteiger partial charge on any atom is 0.0105 e. The van der Waals surface area contributed by atoms with E-state index < -0.39 is 0 Å². The number of nitrogens with zero attached hydrogens (tertiary/aromatic N) is 1. The van der Waals surface area contributed by atoms with Gasteiger partial charge in [-0.25, -0.2) is 0 Å². The van der Waals surface area contributed by atoms with E-state index in [1.165, 1.54) is 38.8 Å². The van der Waals surface area contributed by atoms with Gasteiger partial charge in [-0.1, -0.05) is 13.3 Å². The Kier molecular flexibility index (Phi) is 2.61. The van der Waals surface area contributed by atoms with Crippen molar-refractivity contribution in [3.63, 3.8) is 0 Å². The zero-order valence-electron chi connectivity index (χ0n) is 8.76. The van der Waals surface area contributed by atoms with E-state index in [9.17, 15) is 0 Å². The third-order valence-corrected chi connectivity index (χ3v) is 4.30. The molecule has 2 heteroatoms. The van der Waals surface area contributed by atoms with E-state index in [0.717, 1.165) is 24.4 Å². The van der Waals surface area contributed by atoms with E-state index in [1.807, 2.05) is 0 Å². The SMILES string of the molecule is CC1CN(CCN)CCC12CCC2. The van der Waals surface area contributed by atoms with Crippen molar-refractivity contribution in [3.8, 4) is 0 Å². The summed E-state index contributed by atoms with van der Waals surface area (Å²) in [5.74, 6) is 0.904. The summed E-state index contributed by atoms with van der Waals surface area (Å²) >= 11 is 0. The molecule has 2 fully saturated rings. The maximum atomic E-state index is 5.58. The van der Waals surface area contributed by atoms with Gasteiger partial charge in [-0.2, -0.15) is 0 Å². The van der Waals surface area contributed by atoms with Crippen LogP contribution in [-0.2, 0) is 0 Å². The molecule has 1 saturated carbocycles. The predicted octanol–water partition coefficient (Wildman–Crippen LogP) is 1.46. The monoisotopic (exact) mass is 182 g/mol. The van der Waals surface area contributed by atoms with Crippen LogP contribution in [0.15, 0.2) is 0 Å². The second kappa shape index (κ2) is 3.58. The van der Waals surface area contributed by atoms with Crippen molar-refractivity contribution in [2.24, 2.45) is 17.1 Å². The summed E-state index contributed by atoms with van der Waals surface area (Å²) < 4.78 is 0. The van der Waals surface area contributed by atoms with Crippen LogP contribution in [0.5, 0.6) is 0 Å². The Morgan fingerprint density at radius 2 is 2.15 bits per heavy atom. The summed E-state index contributed by atoms with van der Waals surface area (Å²) in [6.07, 6.45) is 5.88. The minimum absolute atomic E-state index is 0.755. The van der Waals surface area contributed by atoms with Crippen LogP contribution in [0.4, 0.5) is 0 Å². The topological polar surface area (TPSA) is 29.3 Å². The van der Waals surface area contributed by atoms with E-state index in [4.69, 9.17) is 5.73 Å². The number of piperidine rings is 1. The standard InChI is InChI=1S/C11H22N2/c1-10-9-13(8-6-12)7-5-11(10)3-2-4-11/h10H,2-9,12H2,1H3. The molecule has 1 spiro atoms. The molecule has 1 saturated heterocycles. The van der Waals surface area contributed by atoms with Crippen LogP contribution in [-0.4, -0.2) is 31.1 Å². The molecule has 2 nitrogen and oxygen atoms in total. The lowest BCUT2D eigenvalue weighted by molar-refractivity contribution is -0.0200. The number of rotatable bonds is 2. The molecule has 1 heterocycles. The fourth-order valence-electron chi connectivity index (χ4n) is 3.06. The fourth-order valence-corrected chi connectivity index (χ4v) is 3.06. The van der Waals surface area contributed by atoms with Gasteiger partial charge in [0.15, 0.2) is 0 Å². The zero-order valence-corrected chi connectivity index (χ0v) is 8.76. The van der Waals surface area contributed by atoms with Gasteiger partial charge in [0.2, 0.25) is 0 Å². The first-order valence-electron chi connectivity index (χ1n) is 5.69. The van der Waals surface area contributed by atoms with Crippen LogP contribution >= 0.6 is 0 Å². The Labute approximate surface area is 81.5 Å². The van der Waals surface area contributed by atoms with Gasteiger partial charge < -0.3 is 10.6 Å². The lowest BCUT2D eigenvalue weighted by atomic mass is 9.58. The molecular weight excluding hydrogens is 160 g/mol. The van der Waals surface area contributed by atoms with Crippen LogP contribution in [0, 0.1) is 11.3 Å². The van der Waals surface area contributed by atoms with Crippen LogP contribution in [0.2, 0.25) is 0 Å². The highest BCUT2D eigenvalue weighted by molar-refractivity contribution is 4.96. The van der Waals surface area contributed by atoms with Crippen molar-refractivity contribution in [2.75, 3.05) is 26.2 Å². The number of likely N-dealkylation sites (tertiary alicyclic amines) is 1. The second-order valence-corrected chi connectivity index (χ2v) is 4.96. The first-order chi connectivity index (χ1) is 6.27. The van der Waals surface area contributed by atoms with E-state index in [1.54, 1.807) is 0 Å². The average molecular weight is 182 g/mol. The van der Waals surface area contributed by atoms with Crippen molar-refractivity contribution >= 4 is 0 Å². The van der Waals surface area contributed by atoms with Gasteiger partial charge in [0.1, 0.15) is 0 Å². The molecule has 1 atom stereocenters. The molecular formula is C11H22N2. The van der Waals surface area contributed by atoms with E-state index in [0.29, 0.717) is 0 Å². The lowest BCUT2D eigenvalue weighted by Crippen LogP contribution is -2.50. The molecule has 2 rings (SSSR count). The molecule has 76 valence electrons. The Morgan fingerprint density at radius 1 is 1.38 bits per heavy atom. The summed E-state index contributed by atoms with van der Waals surface area (Å²) in [4.78, 5) is 2.54. The number of nitrogens with two attached hydrogens (primary N) is 1. The first-order valence-corrected chi connectivity index (χ1v) is 5.69. The van der Waals surface area contributed by atoms with Gasteiger partial charge in [0.25, 0.3) is 0 Å². The summed E-state index contributed by atoms with van der Waals surface area (Å²) in [7, 11) is 0. The Hall–Kier alpha value is -0.0800. The molecule has 1 unspecified atom stereocenters. The van der Waals surface area contributed by atoms with Crippen molar-refractivity contribution in [2.45, 2.75) is 32.6 Å². The number of hydrogen-bond acceptors (Lipinski definition) is 2. The smallest absolute Gasteiger partial charge is 0.0105 e. The maximum absolute atomic E-state index is 5.58. The van der Waals surface area contributed by atoms with Gasteiger partial charge in [-0.05, 0) is 37.1 Å². The molecule has 0 aromatic heterocycles. The largest absolute Gasteiger partial charge is 0.329 e. The van der Waals surface area contributed by atoms with Crippen molar-refractivity contribution in [1.82, 2.24) is 4.90 Å². The molecule has 0 aromatic carbocycles. The molecule has 0 amide bonds. The highest BCUT2D eigenvalue weighted by atomic mass is 15.1. The highest BCUT2D eigenvalue weighted by Gasteiger charge is 2.44. The molecule has 0 aromatic rings. The lowest BCUT2D eigenvalue weighted by Gasteiger charge is -2.52. The Morgan fingerprint density at radius 3 is 2.62 bits per heavy atom. The van der Waals surface area contributed by atoms with Gasteiger partial charge >= 0.3 is 0 Å². The quantitative estimate of drug-likeness (QED) is 0.700. The Balaban J connectivity index is 1.88. The van der Waals surface area contributed by atoms with Crippen molar-refractivity contribution in [3.05, 3.63) is 0 Å². The summed E-state index contributed by atoms with van der Waals surface area (Å²) in [6, 6.07) is 0. The average Bonchev–Trinajstić information content (AvgIpc) is 2.02. The number of hydrogen-bond donors (Lipinski definition) is 1. The third-order valence-electron chi connectivity index (χ3n) is 4.30.